The highest BCUT2D eigenvalue weighted by molar-refractivity contribution is 5.71. The fourth-order valence-corrected chi connectivity index (χ4v) is 6.21. The number of hydrogen-bond acceptors (Lipinski definition) is 10. The summed E-state index contributed by atoms with van der Waals surface area (Å²) in [4.78, 5) is 15.7. The van der Waals surface area contributed by atoms with Crippen LogP contribution >= 0.6 is 0 Å². The fraction of sp³-hybridized carbons (Fsp3) is 0.519. The first-order valence-corrected chi connectivity index (χ1v) is 12.9. The smallest absolute Gasteiger partial charge is 0.278 e. The van der Waals surface area contributed by atoms with Crippen molar-refractivity contribution in [2.75, 3.05) is 19.1 Å². The van der Waals surface area contributed by atoms with Crippen molar-refractivity contribution in [2.45, 2.75) is 75.5 Å². The SMILES string of the molecule is COc1ncc(-c2ccc(-c3ncc(N(C4CC4)[C@H]4C[C@]5(C)CC[C@](C)(C4)N5)nn3)c(O)c2)nc1OC. The average Bonchev–Trinajstić information content (AvgIpc) is 3.69. The molecule has 10 heteroatoms. The second-order valence-electron chi connectivity index (χ2n) is 11.1. The molecule has 6 rings (SSSR count). The van der Waals surface area contributed by atoms with Crippen LogP contribution in [-0.2, 0) is 0 Å². The molecule has 2 N–H and O–H groups in total. The largest absolute Gasteiger partial charge is 0.507 e. The van der Waals surface area contributed by atoms with E-state index in [-0.39, 0.29) is 22.7 Å². The molecule has 0 radical (unpaired) electrons. The Balaban J connectivity index is 1.25. The highest BCUT2D eigenvalue weighted by Crippen LogP contribution is 2.46. The summed E-state index contributed by atoms with van der Waals surface area (Å²) in [5.41, 5.74) is 2.10. The van der Waals surface area contributed by atoms with Crippen LogP contribution in [0, 0.1) is 0 Å². The molecule has 3 atom stereocenters. The van der Waals surface area contributed by atoms with E-state index in [2.05, 4.69) is 49.2 Å². The van der Waals surface area contributed by atoms with Crippen molar-refractivity contribution in [1.29, 1.82) is 0 Å². The first kappa shape index (κ1) is 23.8. The molecule has 10 nitrogen and oxygen atoms in total. The molecule has 37 heavy (non-hydrogen) atoms. The van der Waals surface area contributed by atoms with Crippen LogP contribution in [-0.4, -0.2) is 67.6 Å². The summed E-state index contributed by atoms with van der Waals surface area (Å²) in [6, 6.07) is 6.15. The molecule has 2 aliphatic heterocycles. The number of hydrogen-bond donors (Lipinski definition) is 2. The number of phenolic OH excluding ortho intramolecular Hbond substituents is 1. The zero-order chi connectivity index (χ0) is 25.8. The monoisotopic (exact) mass is 503 g/mol. The normalized spacial score (nSPS) is 26.6. The zero-order valence-corrected chi connectivity index (χ0v) is 21.7. The lowest BCUT2D eigenvalue weighted by Crippen LogP contribution is -2.59. The van der Waals surface area contributed by atoms with E-state index in [1.54, 1.807) is 18.3 Å². The van der Waals surface area contributed by atoms with Gasteiger partial charge in [0.1, 0.15) is 5.75 Å². The van der Waals surface area contributed by atoms with E-state index < -0.39 is 0 Å². The standard InChI is InChI=1S/C27H33N7O3/c1-26-9-10-27(2,33-26)13-18(12-26)34(17-6-7-17)22-15-28-23(32-31-22)19-8-5-16(11-21(19)35)20-14-29-24(36-3)25(30-20)37-4/h5,8,11,14-15,17-18,33,35H,6-7,9-10,12-13H2,1-4H3/t18-,26-,27+. The van der Waals surface area contributed by atoms with E-state index in [0.29, 0.717) is 40.6 Å². The molecule has 2 aromatic heterocycles. The van der Waals surface area contributed by atoms with Crippen LogP contribution in [0.5, 0.6) is 17.5 Å². The molecule has 2 bridgehead atoms. The minimum Gasteiger partial charge on any atom is -0.507 e. The van der Waals surface area contributed by atoms with Gasteiger partial charge in [-0.15, -0.1) is 10.2 Å². The third-order valence-electron chi connectivity index (χ3n) is 7.98. The van der Waals surface area contributed by atoms with Gasteiger partial charge in [-0.3, -0.25) is 0 Å². The zero-order valence-electron chi connectivity index (χ0n) is 21.7. The second kappa shape index (κ2) is 8.79. The van der Waals surface area contributed by atoms with Crippen molar-refractivity contribution in [3.63, 3.8) is 0 Å². The first-order valence-electron chi connectivity index (χ1n) is 12.9. The molecule has 3 aromatic rings. The van der Waals surface area contributed by atoms with Crippen molar-refractivity contribution >= 4 is 5.82 Å². The number of methoxy groups -OCH3 is 2. The van der Waals surface area contributed by atoms with E-state index in [1.165, 1.54) is 39.9 Å². The summed E-state index contributed by atoms with van der Waals surface area (Å²) >= 11 is 0. The number of nitrogens with one attached hydrogen (secondary N) is 1. The lowest BCUT2D eigenvalue weighted by molar-refractivity contribution is 0.203. The van der Waals surface area contributed by atoms with Gasteiger partial charge in [-0.05, 0) is 64.5 Å². The molecule has 2 saturated heterocycles. The molecule has 4 heterocycles. The Labute approximate surface area is 216 Å². The highest BCUT2D eigenvalue weighted by atomic mass is 16.5. The number of piperidine rings is 1. The van der Waals surface area contributed by atoms with Crippen LogP contribution in [0.4, 0.5) is 5.82 Å². The number of ether oxygens (including phenoxy) is 2. The minimum atomic E-state index is 0.0402. The maximum Gasteiger partial charge on any atom is 0.278 e. The summed E-state index contributed by atoms with van der Waals surface area (Å²) in [6.07, 6.45) is 10.4. The van der Waals surface area contributed by atoms with Gasteiger partial charge in [0, 0.05) is 28.7 Å². The lowest BCUT2D eigenvalue weighted by atomic mass is 9.84. The third kappa shape index (κ3) is 4.43. The van der Waals surface area contributed by atoms with Crippen LogP contribution in [0.3, 0.4) is 0 Å². The first-order chi connectivity index (χ1) is 17.8. The summed E-state index contributed by atoms with van der Waals surface area (Å²) in [6.45, 7) is 4.70. The summed E-state index contributed by atoms with van der Waals surface area (Å²) in [5, 5.41) is 23.7. The van der Waals surface area contributed by atoms with Crippen molar-refractivity contribution in [3.05, 3.63) is 30.6 Å². The number of phenols is 1. The maximum atomic E-state index is 10.8. The van der Waals surface area contributed by atoms with Crippen LogP contribution in [0.2, 0.25) is 0 Å². The van der Waals surface area contributed by atoms with E-state index in [9.17, 15) is 5.11 Å². The van der Waals surface area contributed by atoms with E-state index >= 15 is 0 Å². The molecular weight excluding hydrogens is 470 g/mol. The molecule has 3 fully saturated rings. The van der Waals surface area contributed by atoms with Gasteiger partial charge in [-0.25, -0.2) is 15.0 Å². The van der Waals surface area contributed by atoms with Gasteiger partial charge in [0.2, 0.25) is 0 Å². The predicted molar refractivity (Wildman–Crippen MR) is 139 cm³/mol. The number of nitrogens with zero attached hydrogens (tertiary/aromatic N) is 6. The Morgan fingerprint density at radius 3 is 2.27 bits per heavy atom. The van der Waals surface area contributed by atoms with Gasteiger partial charge < -0.3 is 24.8 Å². The quantitative estimate of drug-likeness (QED) is 0.493. The molecule has 0 unspecified atom stereocenters. The van der Waals surface area contributed by atoms with Crippen LogP contribution in [0.25, 0.3) is 22.6 Å². The Morgan fingerprint density at radius 1 is 0.946 bits per heavy atom. The van der Waals surface area contributed by atoms with Gasteiger partial charge in [-0.1, -0.05) is 6.07 Å². The molecule has 0 amide bonds. The van der Waals surface area contributed by atoms with E-state index in [0.717, 1.165) is 18.7 Å². The van der Waals surface area contributed by atoms with Gasteiger partial charge >= 0.3 is 0 Å². The van der Waals surface area contributed by atoms with Crippen molar-refractivity contribution in [2.24, 2.45) is 0 Å². The van der Waals surface area contributed by atoms with Gasteiger partial charge in [0.25, 0.3) is 11.8 Å². The summed E-state index contributed by atoms with van der Waals surface area (Å²) in [5.74, 6) is 1.81. The van der Waals surface area contributed by atoms with Gasteiger partial charge in [0.05, 0.1) is 37.9 Å². The van der Waals surface area contributed by atoms with Crippen LogP contribution < -0.4 is 19.7 Å². The van der Waals surface area contributed by atoms with Gasteiger partial charge in [-0.2, -0.15) is 0 Å². The molecule has 0 spiro atoms. The predicted octanol–water partition coefficient (Wildman–Crippen LogP) is 3.75. The molecule has 194 valence electrons. The van der Waals surface area contributed by atoms with E-state index in [1.807, 2.05) is 12.3 Å². The van der Waals surface area contributed by atoms with Crippen molar-refractivity contribution < 1.29 is 14.6 Å². The third-order valence-corrected chi connectivity index (χ3v) is 7.98. The Hall–Kier alpha value is -3.53. The van der Waals surface area contributed by atoms with Crippen molar-refractivity contribution in [1.82, 2.24) is 30.5 Å². The second-order valence-corrected chi connectivity index (χ2v) is 11.1. The number of anilines is 1. The average molecular weight is 504 g/mol. The number of aromatic hydroxyl groups is 1. The van der Waals surface area contributed by atoms with Crippen molar-refractivity contribution in [3.8, 4) is 40.2 Å². The minimum absolute atomic E-state index is 0.0402. The Morgan fingerprint density at radius 2 is 1.68 bits per heavy atom. The number of rotatable bonds is 7. The number of aromatic nitrogens is 5. The molecule has 1 aromatic carbocycles. The van der Waals surface area contributed by atoms with Crippen LogP contribution in [0.1, 0.15) is 52.4 Å². The summed E-state index contributed by atoms with van der Waals surface area (Å²) in [7, 11) is 3.01. The summed E-state index contributed by atoms with van der Waals surface area (Å²) < 4.78 is 10.4. The van der Waals surface area contributed by atoms with Crippen LogP contribution in [0.15, 0.2) is 30.6 Å². The maximum absolute atomic E-state index is 10.8. The molecule has 1 saturated carbocycles. The van der Waals surface area contributed by atoms with Gasteiger partial charge in [0.15, 0.2) is 11.6 Å². The topological polar surface area (TPSA) is 118 Å². The highest BCUT2D eigenvalue weighted by Gasteiger charge is 2.51. The number of fused-ring (bicyclic) bond motifs is 2. The number of benzene rings is 1. The Bertz CT molecular complexity index is 1300. The van der Waals surface area contributed by atoms with E-state index in [4.69, 9.17) is 9.47 Å². The molecule has 3 aliphatic rings. The molecule has 1 aliphatic carbocycles. The molecular formula is C27H33N7O3. The lowest BCUT2D eigenvalue weighted by Gasteiger charge is -2.46. The Kier molecular flexibility index (Phi) is 5.67. The fourth-order valence-electron chi connectivity index (χ4n) is 6.21.